The van der Waals surface area contributed by atoms with Crippen LogP contribution in [0.25, 0.3) is 0 Å². The summed E-state index contributed by atoms with van der Waals surface area (Å²) in [6.45, 7) is -0.0172. The molecule has 0 spiro atoms. The molecule has 0 bridgehead atoms. The standard InChI is InChI=1S/C22H27NO7S/c1-27-19(11-13-29-20(25)15-31)21(17-9-5-6-10-18(17)28-14-12-24)30-22(26)23-16-7-3-2-4-8-16/h2-10,19,21,24,31H,11-15H2,1H3,(H,23,26)/t19-,21-/m0/s1. The molecule has 2 aromatic rings. The van der Waals surface area contributed by atoms with E-state index in [0.29, 0.717) is 17.0 Å². The number of anilines is 1. The van der Waals surface area contributed by atoms with Crippen LogP contribution in [-0.2, 0) is 19.0 Å². The van der Waals surface area contributed by atoms with Crippen molar-refractivity contribution in [3.8, 4) is 5.75 Å². The zero-order valence-electron chi connectivity index (χ0n) is 17.2. The van der Waals surface area contributed by atoms with Crippen molar-refractivity contribution in [2.75, 3.05) is 38.0 Å². The van der Waals surface area contributed by atoms with E-state index in [9.17, 15) is 9.59 Å². The largest absolute Gasteiger partial charge is 0.491 e. The normalized spacial score (nSPS) is 12.5. The Balaban J connectivity index is 2.23. The lowest BCUT2D eigenvalue weighted by Gasteiger charge is -2.27. The van der Waals surface area contributed by atoms with Crippen LogP contribution in [0, 0.1) is 0 Å². The van der Waals surface area contributed by atoms with E-state index >= 15 is 0 Å². The molecule has 0 heterocycles. The van der Waals surface area contributed by atoms with E-state index in [-0.39, 0.29) is 32.0 Å². The highest BCUT2D eigenvalue weighted by molar-refractivity contribution is 7.81. The summed E-state index contributed by atoms with van der Waals surface area (Å²) in [5.74, 6) is -0.0397. The third-order valence-corrected chi connectivity index (χ3v) is 4.52. The van der Waals surface area contributed by atoms with Gasteiger partial charge in [-0.2, -0.15) is 12.6 Å². The van der Waals surface area contributed by atoms with Gasteiger partial charge in [0.2, 0.25) is 0 Å². The fourth-order valence-electron chi connectivity index (χ4n) is 2.85. The first kappa shape index (κ1) is 24.5. The molecule has 0 aromatic heterocycles. The molecule has 0 aliphatic rings. The van der Waals surface area contributed by atoms with Gasteiger partial charge in [-0.3, -0.25) is 10.1 Å². The van der Waals surface area contributed by atoms with Gasteiger partial charge in [0, 0.05) is 24.8 Å². The summed E-state index contributed by atoms with van der Waals surface area (Å²) in [6.07, 6.45) is -1.90. The van der Waals surface area contributed by atoms with Gasteiger partial charge in [-0.1, -0.05) is 36.4 Å². The Kier molecular flexibility index (Phi) is 10.7. The third-order valence-electron chi connectivity index (χ3n) is 4.26. The number of nitrogens with one attached hydrogen (secondary N) is 1. The lowest BCUT2D eigenvalue weighted by Crippen LogP contribution is -2.30. The van der Waals surface area contributed by atoms with Gasteiger partial charge in [0.1, 0.15) is 18.5 Å². The van der Waals surface area contributed by atoms with Crippen LogP contribution in [0.5, 0.6) is 5.75 Å². The lowest BCUT2D eigenvalue weighted by molar-refractivity contribution is -0.141. The van der Waals surface area contributed by atoms with Gasteiger partial charge < -0.3 is 24.1 Å². The SMILES string of the molecule is CO[C@@H](CCOC(=O)CS)[C@@H](OC(=O)Nc1ccccc1)c1ccccc1OCCO. The Morgan fingerprint density at radius 2 is 1.77 bits per heavy atom. The lowest BCUT2D eigenvalue weighted by atomic mass is 10.0. The summed E-state index contributed by atoms with van der Waals surface area (Å²) in [4.78, 5) is 24.0. The number of hydrogen-bond donors (Lipinski definition) is 3. The van der Waals surface area contributed by atoms with Crippen molar-refractivity contribution < 1.29 is 33.6 Å². The monoisotopic (exact) mass is 449 g/mol. The molecular weight excluding hydrogens is 422 g/mol. The highest BCUT2D eigenvalue weighted by Crippen LogP contribution is 2.33. The van der Waals surface area contributed by atoms with E-state index < -0.39 is 24.3 Å². The Labute approximate surface area is 186 Å². The van der Waals surface area contributed by atoms with E-state index in [1.54, 1.807) is 48.5 Å². The number of benzene rings is 2. The molecule has 9 heteroatoms. The molecule has 8 nitrogen and oxygen atoms in total. The van der Waals surface area contributed by atoms with Gasteiger partial charge in [-0.15, -0.1) is 0 Å². The van der Waals surface area contributed by atoms with Crippen molar-refractivity contribution in [3.05, 3.63) is 60.2 Å². The summed E-state index contributed by atoms with van der Waals surface area (Å²) >= 11 is 3.88. The molecule has 0 unspecified atom stereocenters. The molecular formula is C22H27NO7S. The number of aliphatic hydroxyl groups excluding tert-OH is 1. The molecule has 0 radical (unpaired) electrons. The van der Waals surface area contributed by atoms with Crippen LogP contribution in [0.3, 0.4) is 0 Å². The predicted molar refractivity (Wildman–Crippen MR) is 119 cm³/mol. The van der Waals surface area contributed by atoms with Crippen LogP contribution in [0.1, 0.15) is 18.1 Å². The number of ether oxygens (including phenoxy) is 4. The van der Waals surface area contributed by atoms with E-state index in [0.717, 1.165) is 0 Å². The minimum atomic E-state index is -0.863. The smallest absolute Gasteiger partial charge is 0.412 e. The predicted octanol–water partition coefficient (Wildman–Crippen LogP) is 3.23. The van der Waals surface area contributed by atoms with Crippen LogP contribution in [0.15, 0.2) is 54.6 Å². The van der Waals surface area contributed by atoms with Gasteiger partial charge in [-0.25, -0.2) is 4.79 Å². The van der Waals surface area contributed by atoms with Crippen LogP contribution in [0.4, 0.5) is 10.5 Å². The Morgan fingerprint density at radius 3 is 2.45 bits per heavy atom. The number of carbonyl (C=O) groups excluding carboxylic acids is 2. The number of esters is 1. The van der Waals surface area contributed by atoms with Crippen LogP contribution < -0.4 is 10.1 Å². The topological polar surface area (TPSA) is 103 Å². The molecule has 2 aromatic carbocycles. The second-order valence-corrected chi connectivity index (χ2v) is 6.68. The first-order chi connectivity index (χ1) is 15.1. The van der Waals surface area contributed by atoms with Crippen LogP contribution >= 0.6 is 12.6 Å². The van der Waals surface area contributed by atoms with E-state index in [2.05, 4.69) is 17.9 Å². The molecule has 0 saturated carbocycles. The fourth-order valence-corrected chi connectivity index (χ4v) is 2.95. The van der Waals surface area contributed by atoms with E-state index in [1.165, 1.54) is 7.11 Å². The summed E-state index contributed by atoms with van der Waals surface area (Å²) in [5.41, 5.74) is 1.14. The zero-order valence-corrected chi connectivity index (χ0v) is 18.1. The molecule has 2 rings (SSSR count). The first-order valence-electron chi connectivity index (χ1n) is 9.73. The minimum absolute atomic E-state index is 0.0328. The Morgan fingerprint density at radius 1 is 1.06 bits per heavy atom. The van der Waals surface area contributed by atoms with Crippen molar-refractivity contribution in [1.82, 2.24) is 0 Å². The number of hydrogen-bond acceptors (Lipinski definition) is 8. The molecule has 31 heavy (non-hydrogen) atoms. The summed E-state index contributed by atoms with van der Waals surface area (Å²) in [6, 6.07) is 15.9. The van der Waals surface area contributed by atoms with Crippen molar-refractivity contribution >= 4 is 30.4 Å². The maximum atomic E-state index is 12.6. The second kappa shape index (κ2) is 13.5. The molecule has 0 saturated heterocycles. The van der Waals surface area contributed by atoms with Gasteiger partial charge in [0.25, 0.3) is 0 Å². The Hall–Kier alpha value is -2.75. The summed E-state index contributed by atoms with van der Waals surface area (Å²) in [5, 5.41) is 11.8. The molecule has 168 valence electrons. The fraction of sp³-hybridized carbons (Fsp3) is 0.364. The number of rotatable bonds is 12. The van der Waals surface area contributed by atoms with Crippen molar-refractivity contribution in [1.29, 1.82) is 0 Å². The van der Waals surface area contributed by atoms with E-state index in [1.807, 2.05) is 6.07 Å². The third kappa shape index (κ3) is 8.12. The van der Waals surface area contributed by atoms with Crippen LogP contribution in [0.2, 0.25) is 0 Å². The molecule has 2 N–H and O–H groups in total. The van der Waals surface area contributed by atoms with Crippen molar-refractivity contribution in [2.45, 2.75) is 18.6 Å². The number of methoxy groups -OCH3 is 1. The molecule has 0 aliphatic heterocycles. The van der Waals surface area contributed by atoms with Gasteiger partial charge >= 0.3 is 12.1 Å². The quantitative estimate of drug-likeness (QED) is 0.338. The van der Waals surface area contributed by atoms with Crippen molar-refractivity contribution in [3.63, 3.8) is 0 Å². The molecule has 0 fully saturated rings. The maximum Gasteiger partial charge on any atom is 0.412 e. The number of amides is 1. The number of para-hydroxylation sites is 2. The average molecular weight is 450 g/mol. The van der Waals surface area contributed by atoms with Gasteiger partial charge in [-0.05, 0) is 18.2 Å². The molecule has 0 aliphatic carbocycles. The van der Waals surface area contributed by atoms with Gasteiger partial charge in [0.05, 0.1) is 19.0 Å². The average Bonchev–Trinajstić information content (AvgIpc) is 2.80. The zero-order chi connectivity index (χ0) is 22.5. The molecule has 1 amide bonds. The van der Waals surface area contributed by atoms with E-state index in [4.69, 9.17) is 24.1 Å². The number of carbonyl (C=O) groups is 2. The van der Waals surface area contributed by atoms with Crippen LogP contribution in [-0.4, -0.2) is 56.0 Å². The minimum Gasteiger partial charge on any atom is -0.491 e. The summed E-state index contributed by atoms with van der Waals surface area (Å²) < 4.78 is 22.0. The maximum absolute atomic E-state index is 12.6. The highest BCUT2D eigenvalue weighted by Gasteiger charge is 2.30. The first-order valence-corrected chi connectivity index (χ1v) is 10.4. The number of aliphatic hydroxyl groups is 1. The molecule has 2 atom stereocenters. The highest BCUT2D eigenvalue weighted by atomic mass is 32.1. The second-order valence-electron chi connectivity index (χ2n) is 6.37. The van der Waals surface area contributed by atoms with Crippen molar-refractivity contribution in [2.24, 2.45) is 0 Å². The summed E-state index contributed by atoms with van der Waals surface area (Å²) in [7, 11) is 1.48. The van der Waals surface area contributed by atoms with Gasteiger partial charge in [0.15, 0.2) is 6.10 Å². The Bertz CT molecular complexity index is 819. The number of thiol groups is 1.